The normalized spacial score (nSPS) is 18.1. The fraction of sp³-hybridized carbons (Fsp3) is 0.348. The van der Waals surface area contributed by atoms with Crippen molar-refractivity contribution in [3.05, 3.63) is 64.0 Å². The number of phenolic OH excluding ortho intramolecular Hbond substituents is 1. The van der Waals surface area contributed by atoms with Gasteiger partial charge in [0, 0.05) is 12.6 Å². The molecule has 1 fully saturated rings. The first-order valence-electron chi connectivity index (χ1n) is 9.64. The third-order valence-electron chi connectivity index (χ3n) is 5.68. The topological polar surface area (TPSA) is 53.7 Å². The quantitative estimate of drug-likeness (QED) is 0.723. The van der Waals surface area contributed by atoms with Crippen molar-refractivity contribution in [3.8, 4) is 16.9 Å². The molecule has 0 amide bonds. The van der Waals surface area contributed by atoms with Gasteiger partial charge in [0.1, 0.15) is 17.1 Å². The number of likely N-dealkylation sites (tertiary alicyclic amines) is 1. The monoisotopic (exact) mass is 363 g/mol. The van der Waals surface area contributed by atoms with Crippen molar-refractivity contribution in [2.24, 2.45) is 0 Å². The lowest BCUT2D eigenvalue weighted by molar-refractivity contribution is 0.151. The minimum Gasteiger partial charge on any atom is -0.507 e. The zero-order valence-corrected chi connectivity index (χ0v) is 15.9. The highest BCUT2D eigenvalue weighted by Gasteiger charge is 2.23. The lowest BCUT2D eigenvalue weighted by Crippen LogP contribution is -2.36. The lowest BCUT2D eigenvalue weighted by Gasteiger charge is -2.33. The summed E-state index contributed by atoms with van der Waals surface area (Å²) in [6.07, 6.45) is 3.57. The fourth-order valence-corrected chi connectivity index (χ4v) is 4.10. The maximum absolute atomic E-state index is 13.2. The Morgan fingerprint density at radius 2 is 1.93 bits per heavy atom. The van der Waals surface area contributed by atoms with E-state index >= 15 is 0 Å². The van der Waals surface area contributed by atoms with Crippen molar-refractivity contribution >= 4 is 11.0 Å². The van der Waals surface area contributed by atoms with Crippen LogP contribution in [0.1, 0.15) is 37.5 Å². The molecule has 140 valence electrons. The van der Waals surface area contributed by atoms with E-state index in [4.69, 9.17) is 4.42 Å². The molecule has 1 atom stereocenters. The van der Waals surface area contributed by atoms with Crippen LogP contribution in [0.5, 0.6) is 5.75 Å². The van der Waals surface area contributed by atoms with Gasteiger partial charge in [-0.3, -0.25) is 9.69 Å². The van der Waals surface area contributed by atoms with Gasteiger partial charge in [-0.2, -0.15) is 0 Å². The van der Waals surface area contributed by atoms with E-state index in [1.54, 1.807) is 12.1 Å². The standard InChI is InChI=1S/C23H25NO3/c1-15-8-6-7-13-24(15)14-19-20(25)12-11-18-22(26)21(16(2)27-23(18)19)17-9-4-3-5-10-17/h3-5,9-12,15,25H,6-8,13-14H2,1-2H3/t15-/m1/s1. The first-order chi connectivity index (χ1) is 13.1. The van der Waals surface area contributed by atoms with Crippen LogP contribution in [-0.2, 0) is 6.54 Å². The zero-order valence-electron chi connectivity index (χ0n) is 15.9. The Morgan fingerprint density at radius 3 is 2.67 bits per heavy atom. The van der Waals surface area contributed by atoms with Crippen molar-refractivity contribution in [2.45, 2.75) is 45.7 Å². The second kappa shape index (κ2) is 7.20. The molecule has 4 heteroatoms. The number of rotatable bonds is 3. The Labute approximate surface area is 159 Å². The van der Waals surface area contributed by atoms with Gasteiger partial charge >= 0.3 is 0 Å². The summed E-state index contributed by atoms with van der Waals surface area (Å²) in [5.74, 6) is 0.771. The number of fused-ring (bicyclic) bond motifs is 1. The molecule has 2 heterocycles. The van der Waals surface area contributed by atoms with E-state index in [1.807, 2.05) is 37.3 Å². The predicted octanol–water partition coefficient (Wildman–Crippen LogP) is 4.85. The first kappa shape index (κ1) is 17.8. The summed E-state index contributed by atoms with van der Waals surface area (Å²) >= 11 is 0. The van der Waals surface area contributed by atoms with Crippen LogP contribution in [0.2, 0.25) is 0 Å². The summed E-state index contributed by atoms with van der Waals surface area (Å²) < 4.78 is 6.13. The SMILES string of the molecule is Cc1oc2c(CN3CCCC[C@H]3C)c(O)ccc2c(=O)c1-c1ccccc1. The highest BCUT2D eigenvalue weighted by atomic mass is 16.3. The molecule has 0 radical (unpaired) electrons. The molecule has 1 saturated heterocycles. The zero-order chi connectivity index (χ0) is 19.0. The van der Waals surface area contributed by atoms with Gasteiger partial charge < -0.3 is 9.52 Å². The molecule has 0 saturated carbocycles. The molecular formula is C23H25NO3. The molecule has 1 aliphatic heterocycles. The molecule has 0 bridgehead atoms. The van der Waals surface area contributed by atoms with Crippen LogP contribution < -0.4 is 5.43 Å². The molecular weight excluding hydrogens is 338 g/mol. The van der Waals surface area contributed by atoms with Gasteiger partial charge in [-0.15, -0.1) is 0 Å². The molecule has 27 heavy (non-hydrogen) atoms. The number of aryl methyl sites for hydroxylation is 1. The minimum absolute atomic E-state index is 0.0482. The second-order valence-electron chi connectivity index (χ2n) is 7.48. The van der Waals surface area contributed by atoms with Gasteiger partial charge in [0.2, 0.25) is 5.43 Å². The number of phenols is 1. The Morgan fingerprint density at radius 1 is 1.15 bits per heavy atom. The van der Waals surface area contributed by atoms with Gasteiger partial charge in [0.05, 0.1) is 16.5 Å². The van der Waals surface area contributed by atoms with Gasteiger partial charge in [0.15, 0.2) is 0 Å². The van der Waals surface area contributed by atoms with Crippen molar-refractivity contribution in [1.82, 2.24) is 4.90 Å². The summed E-state index contributed by atoms with van der Waals surface area (Å²) in [5, 5.41) is 11.0. The van der Waals surface area contributed by atoms with E-state index in [9.17, 15) is 9.90 Å². The number of piperidine rings is 1. The summed E-state index contributed by atoms with van der Waals surface area (Å²) in [6, 6.07) is 13.3. The third kappa shape index (κ3) is 3.26. The number of benzene rings is 2. The molecule has 1 aliphatic rings. The number of hydrogen-bond acceptors (Lipinski definition) is 4. The van der Waals surface area contributed by atoms with E-state index in [0.717, 1.165) is 24.9 Å². The van der Waals surface area contributed by atoms with Gasteiger partial charge in [0.25, 0.3) is 0 Å². The Kier molecular flexibility index (Phi) is 4.75. The molecule has 3 aromatic rings. The van der Waals surface area contributed by atoms with Crippen molar-refractivity contribution in [2.75, 3.05) is 6.54 Å². The minimum atomic E-state index is -0.0482. The van der Waals surface area contributed by atoms with E-state index in [-0.39, 0.29) is 11.2 Å². The average Bonchev–Trinajstić information content (AvgIpc) is 2.66. The van der Waals surface area contributed by atoms with Crippen LogP contribution in [0.4, 0.5) is 0 Å². The van der Waals surface area contributed by atoms with E-state index in [0.29, 0.717) is 40.4 Å². The maximum atomic E-state index is 13.2. The van der Waals surface area contributed by atoms with Crippen LogP contribution in [-0.4, -0.2) is 22.6 Å². The highest BCUT2D eigenvalue weighted by molar-refractivity contribution is 5.86. The van der Waals surface area contributed by atoms with E-state index in [1.165, 1.54) is 6.42 Å². The summed E-state index contributed by atoms with van der Waals surface area (Å²) in [5.41, 5.74) is 2.61. The summed E-state index contributed by atoms with van der Waals surface area (Å²) in [6.45, 7) is 5.64. The molecule has 0 unspecified atom stereocenters. The van der Waals surface area contributed by atoms with Crippen LogP contribution in [0.3, 0.4) is 0 Å². The summed E-state index contributed by atoms with van der Waals surface area (Å²) in [4.78, 5) is 15.6. The summed E-state index contributed by atoms with van der Waals surface area (Å²) in [7, 11) is 0. The van der Waals surface area contributed by atoms with Crippen LogP contribution in [0.15, 0.2) is 51.7 Å². The average molecular weight is 363 g/mol. The first-order valence-corrected chi connectivity index (χ1v) is 9.64. The number of hydrogen-bond donors (Lipinski definition) is 1. The van der Waals surface area contributed by atoms with Crippen molar-refractivity contribution in [3.63, 3.8) is 0 Å². The fourth-order valence-electron chi connectivity index (χ4n) is 4.10. The third-order valence-corrected chi connectivity index (χ3v) is 5.68. The van der Waals surface area contributed by atoms with E-state index in [2.05, 4.69) is 11.8 Å². The molecule has 4 nitrogen and oxygen atoms in total. The van der Waals surface area contributed by atoms with Crippen molar-refractivity contribution < 1.29 is 9.52 Å². The largest absolute Gasteiger partial charge is 0.507 e. The highest BCUT2D eigenvalue weighted by Crippen LogP contribution is 2.32. The molecule has 1 aromatic heterocycles. The number of nitrogens with zero attached hydrogens (tertiary/aromatic N) is 1. The maximum Gasteiger partial charge on any atom is 0.200 e. The predicted molar refractivity (Wildman–Crippen MR) is 108 cm³/mol. The van der Waals surface area contributed by atoms with Crippen molar-refractivity contribution in [1.29, 1.82) is 0 Å². The van der Waals surface area contributed by atoms with E-state index < -0.39 is 0 Å². The molecule has 0 aliphatic carbocycles. The Hall–Kier alpha value is -2.59. The second-order valence-corrected chi connectivity index (χ2v) is 7.48. The molecule has 0 spiro atoms. The van der Waals surface area contributed by atoms with Crippen LogP contribution in [0.25, 0.3) is 22.1 Å². The number of aromatic hydroxyl groups is 1. The molecule has 2 aromatic carbocycles. The Bertz CT molecular complexity index is 1020. The lowest BCUT2D eigenvalue weighted by atomic mass is 9.99. The molecule has 4 rings (SSSR count). The molecule has 1 N–H and O–H groups in total. The van der Waals surface area contributed by atoms with Crippen LogP contribution in [0, 0.1) is 6.92 Å². The Balaban J connectivity index is 1.86. The van der Waals surface area contributed by atoms with Crippen LogP contribution >= 0.6 is 0 Å². The smallest absolute Gasteiger partial charge is 0.200 e. The van der Waals surface area contributed by atoms with Gasteiger partial charge in [-0.25, -0.2) is 0 Å². The van der Waals surface area contributed by atoms with Gasteiger partial charge in [-0.05, 0) is 50.9 Å². The van der Waals surface area contributed by atoms with Gasteiger partial charge in [-0.1, -0.05) is 36.8 Å².